The topological polar surface area (TPSA) is 92.8 Å². The molecule has 8 heteroatoms. The quantitative estimate of drug-likeness (QED) is 0.347. The summed E-state index contributed by atoms with van der Waals surface area (Å²) in [6.07, 6.45) is 2.80. The number of carbonyl (C=O) groups is 3. The molecule has 2 aliphatic rings. The van der Waals surface area contributed by atoms with Gasteiger partial charge in [-0.05, 0) is 29.2 Å². The molecule has 2 heterocycles. The Morgan fingerprint density at radius 3 is 2.10 bits per heavy atom. The molecule has 1 fully saturated rings. The van der Waals surface area contributed by atoms with Crippen molar-refractivity contribution in [2.24, 2.45) is 0 Å². The molecule has 2 amide bonds. The van der Waals surface area contributed by atoms with Gasteiger partial charge in [-0.1, -0.05) is 103 Å². The zero-order valence-electron chi connectivity index (χ0n) is 21.4. The van der Waals surface area contributed by atoms with E-state index < -0.39 is 40.2 Å². The molecule has 0 saturated carbocycles. The Hall–Kier alpha value is -4.30. The van der Waals surface area contributed by atoms with E-state index in [-0.39, 0.29) is 23.8 Å². The second kappa shape index (κ2) is 11.6. The second-order valence-corrected chi connectivity index (χ2v) is 10.8. The van der Waals surface area contributed by atoms with Gasteiger partial charge >= 0.3 is 5.97 Å². The lowest BCUT2D eigenvalue weighted by molar-refractivity contribution is -0.154. The lowest BCUT2D eigenvalue weighted by Crippen LogP contribution is -2.73. The molecule has 3 aromatic rings. The van der Waals surface area contributed by atoms with E-state index in [0.29, 0.717) is 5.57 Å². The summed E-state index contributed by atoms with van der Waals surface area (Å²) in [5.74, 6) is -1.46. The predicted molar refractivity (Wildman–Crippen MR) is 148 cm³/mol. The number of benzene rings is 3. The average molecular weight is 541 g/mol. The molecule has 0 bridgehead atoms. The van der Waals surface area contributed by atoms with Crippen LogP contribution in [0.3, 0.4) is 0 Å². The maximum Gasteiger partial charge on any atom is 0.356 e. The first-order chi connectivity index (χ1) is 19.0. The van der Waals surface area contributed by atoms with Crippen LogP contribution in [0.5, 0.6) is 0 Å². The lowest BCUT2D eigenvalue weighted by atomic mass is 10.00. The number of amides is 2. The fourth-order valence-corrected chi connectivity index (χ4v) is 6.52. The van der Waals surface area contributed by atoms with Gasteiger partial charge in [-0.15, -0.1) is 0 Å². The van der Waals surface area contributed by atoms with Gasteiger partial charge in [0.05, 0.1) is 23.0 Å². The molecule has 3 aromatic carbocycles. The van der Waals surface area contributed by atoms with Gasteiger partial charge < -0.3 is 10.1 Å². The van der Waals surface area contributed by atoms with Crippen molar-refractivity contribution < 1.29 is 23.3 Å². The summed E-state index contributed by atoms with van der Waals surface area (Å²) >= 11 is 0. The summed E-state index contributed by atoms with van der Waals surface area (Å²) < 4.78 is 19.3. The second-order valence-electron chi connectivity index (χ2n) is 9.31. The van der Waals surface area contributed by atoms with Crippen molar-refractivity contribution in [3.63, 3.8) is 0 Å². The fraction of sp³-hybridized carbons (Fsp3) is 0.194. The standard InChI is InChI=1S/C31H28N2O5S/c1-2-12-24-20-39(37)30-26(32-25(34)19-21-13-6-3-7-14-21)29(35)33(30)27(24)31(36)38-28(22-15-8-4-9-16-22)23-17-10-5-11-18-23/h2-18,26,28,30H,19-20H2,1H3,(H,32,34)/b12-2-/t26?,30-,39?/m1/s1. The highest BCUT2D eigenvalue weighted by Gasteiger charge is 2.57. The Morgan fingerprint density at radius 1 is 0.974 bits per heavy atom. The third-order valence-electron chi connectivity index (χ3n) is 6.67. The van der Waals surface area contributed by atoms with Crippen LogP contribution in [0.4, 0.5) is 0 Å². The molecule has 7 nitrogen and oxygen atoms in total. The molecule has 2 aliphatic heterocycles. The van der Waals surface area contributed by atoms with E-state index in [0.717, 1.165) is 16.7 Å². The molecule has 3 atom stereocenters. The van der Waals surface area contributed by atoms with E-state index in [2.05, 4.69) is 5.32 Å². The van der Waals surface area contributed by atoms with Gasteiger partial charge in [0.2, 0.25) is 5.91 Å². The molecular weight excluding hydrogens is 512 g/mol. The van der Waals surface area contributed by atoms with Crippen LogP contribution in [-0.4, -0.2) is 44.1 Å². The van der Waals surface area contributed by atoms with Crippen molar-refractivity contribution in [2.75, 3.05) is 5.75 Å². The van der Waals surface area contributed by atoms with Crippen LogP contribution in [0.2, 0.25) is 0 Å². The maximum atomic E-state index is 13.8. The smallest absolute Gasteiger partial charge is 0.356 e. The van der Waals surface area contributed by atoms with Crippen LogP contribution >= 0.6 is 0 Å². The van der Waals surface area contributed by atoms with Crippen LogP contribution in [0.1, 0.15) is 29.7 Å². The summed E-state index contributed by atoms with van der Waals surface area (Å²) in [5.41, 5.74) is 2.88. The summed E-state index contributed by atoms with van der Waals surface area (Å²) in [4.78, 5) is 41.0. The number of nitrogens with zero attached hydrogens (tertiary/aromatic N) is 1. The maximum absolute atomic E-state index is 13.8. The van der Waals surface area contributed by atoms with Gasteiger partial charge in [-0.3, -0.25) is 18.7 Å². The summed E-state index contributed by atoms with van der Waals surface area (Å²) in [7, 11) is -1.52. The number of nitrogens with one attached hydrogen (secondary N) is 1. The molecule has 2 unspecified atom stereocenters. The van der Waals surface area contributed by atoms with Gasteiger partial charge in [0.15, 0.2) is 6.10 Å². The SMILES string of the molecule is C/C=C\C1=C(C(=O)OC(c2ccccc2)c2ccccc2)N2C(=O)C(NC(=O)Cc3ccccc3)[C@H]2S(=O)C1. The Labute approximate surface area is 229 Å². The fourth-order valence-electron chi connectivity index (χ4n) is 4.88. The molecule has 5 rings (SSSR count). The lowest BCUT2D eigenvalue weighted by Gasteiger charge is -2.49. The molecule has 0 spiro atoms. The van der Waals surface area contributed by atoms with E-state index >= 15 is 0 Å². The van der Waals surface area contributed by atoms with Crippen LogP contribution < -0.4 is 5.32 Å². The number of allylic oxidation sites excluding steroid dienone is 2. The number of ether oxygens (including phenoxy) is 1. The van der Waals surface area contributed by atoms with Crippen molar-refractivity contribution >= 4 is 28.6 Å². The number of esters is 1. The van der Waals surface area contributed by atoms with E-state index in [9.17, 15) is 18.6 Å². The highest BCUT2D eigenvalue weighted by atomic mass is 32.2. The first-order valence-electron chi connectivity index (χ1n) is 12.7. The largest absolute Gasteiger partial charge is 0.448 e. The van der Waals surface area contributed by atoms with Gasteiger partial charge in [0.25, 0.3) is 5.91 Å². The zero-order chi connectivity index (χ0) is 27.4. The zero-order valence-corrected chi connectivity index (χ0v) is 22.2. The van der Waals surface area contributed by atoms with Crippen LogP contribution in [-0.2, 0) is 36.3 Å². The summed E-state index contributed by atoms with van der Waals surface area (Å²) in [5, 5.41) is 1.88. The molecule has 0 aliphatic carbocycles. The number of hydrogen-bond acceptors (Lipinski definition) is 5. The molecule has 1 N–H and O–H groups in total. The van der Waals surface area contributed by atoms with E-state index in [1.54, 1.807) is 19.1 Å². The van der Waals surface area contributed by atoms with Gasteiger partial charge in [-0.25, -0.2) is 4.79 Å². The molecule has 1 saturated heterocycles. The normalized spacial score (nSPS) is 20.5. The monoisotopic (exact) mass is 540 g/mol. The van der Waals surface area contributed by atoms with Crippen molar-refractivity contribution in [3.8, 4) is 0 Å². The highest BCUT2D eigenvalue weighted by Crippen LogP contribution is 2.37. The first-order valence-corrected chi connectivity index (χ1v) is 14.1. The molecular formula is C31H28N2O5S. The van der Waals surface area contributed by atoms with E-state index in [4.69, 9.17) is 4.74 Å². The van der Waals surface area contributed by atoms with Crippen molar-refractivity contribution in [3.05, 3.63) is 131 Å². The number of β-lactam (4-membered cyclic amide) rings is 1. The Morgan fingerprint density at radius 2 is 1.54 bits per heavy atom. The van der Waals surface area contributed by atoms with Gasteiger partial charge in [0, 0.05) is 0 Å². The third kappa shape index (κ3) is 5.47. The Kier molecular flexibility index (Phi) is 7.84. The third-order valence-corrected chi connectivity index (χ3v) is 8.29. The number of fused-ring (bicyclic) bond motifs is 1. The summed E-state index contributed by atoms with van der Waals surface area (Å²) in [6.45, 7) is 1.78. The van der Waals surface area contributed by atoms with Crippen molar-refractivity contribution in [2.45, 2.75) is 30.9 Å². The number of rotatable bonds is 8. The molecule has 0 radical (unpaired) electrons. The first kappa shape index (κ1) is 26.3. The van der Waals surface area contributed by atoms with E-state index in [1.165, 1.54) is 4.90 Å². The van der Waals surface area contributed by atoms with Crippen molar-refractivity contribution in [1.82, 2.24) is 10.2 Å². The summed E-state index contributed by atoms with van der Waals surface area (Å²) in [6, 6.07) is 26.9. The number of hydrogen-bond donors (Lipinski definition) is 1. The van der Waals surface area contributed by atoms with Crippen LogP contribution in [0, 0.1) is 0 Å². The van der Waals surface area contributed by atoms with Crippen LogP contribution in [0.25, 0.3) is 0 Å². The minimum atomic E-state index is -1.52. The molecule has 198 valence electrons. The average Bonchev–Trinajstić information content (AvgIpc) is 2.96. The Balaban J connectivity index is 1.41. The van der Waals surface area contributed by atoms with Gasteiger partial charge in [-0.2, -0.15) is 0 Å². The predicted octanol–water partition coefficient (Wildman–Crippen LogP) is 3.81. The van der Waals surface area contributed by atoms with E-state index in [1.807, 2.05) is 91.0 Å². The molecule has 39 heavy (non-hydrogen) atoms. The minimum Gasteiger partial charge on any atom is -0.448 e. The van der Waals surface area contributed by atoms with Gasteiger partial charge in [0.1, 0.15) is 17.1 Å². The molecule has 0 aromatic heterocycles. The Bertz CT molecular complexity index is 1410. The van der Waals surface area contributed by atoms with Crippen LogP contribution in [0.15, 0.2) is 114 Å². The van der Waals surface area contributed by atoms with Crippen molar-refractivity contribution in [1.29, 1.82) is 0 Å². The highest BCUT2D eigenvalue weighted by molar-refractivity contribution is 7.86. The number of carbonyl (C=O) groups excluding carboxylic acids is 3. The minimum absolute atomic E-state index is 0.0631.